The van der Waals surface area contributed by atoms with Crippen LogP contribution in [0.5, 0.6) is 0 Å². The minimum absolute atomic E-state index is 0.101. The molecule has 2 rings (SSSR count). The predicted octanol–water partition coefficient (Wildman–Crippen LogP) is 5.30. The normalized spacial score (nSPS) is 11.7. The van der Waals surface area contributed by atoms with Gasteiger partial charge in [0.15, 0.2) is 11.6 Å². The van der Waals surface area contributed by atoms with Gasteiger partial charge in [-0.05, 0) is 23.5 Å². The van der Waals surface area contributed by atoms with Crippen molar-refractivity contribution in [2.75, 3.05) is 0 Å². The van der Waals surface area contributed by atoms with Gasteiger partial charge in [-0.1, -0.05) is 75.0 Å². The third-order valence-corrected chi connectivity index (χ3v) is 4.20. The molecule has 0 bridgehead atoms. The molecule has 1 atom stereocenters. The summed E-state index contributed by atoms with van der Waals surface area (Å²) in [5.74, 6) is 0.180. The smallest absolute Gasteiger partial charge is 0.170 e. The zero-order valence-corrected chi connectivity index (χ0v) is 13.7. The van der Waals surface area contributed by atoms with E-state index in [1.165, 1.54) is 5.56 Å². The molecule has 0 radical (unpaired) electrons. The van der Waals surface area contributed by atoms with Crippen molar-refractivity contribution >= 4 is 17.6 Å². The fourth-order valence-corrected chi connectivity index (χ4v) is 2.39. The Bertz CT molecular complexity index is 694. The lowest BCUT2D eigenvalue weighted by molar-refractivity contribution is 0.0894. The lowest BCUT2D eigenvalue weighted by Gasteiger charge is -2.09. The number of Topliss-reactive ketones (excluding diaryl/α,β-unsaturated/α-hetero) is 2. The van der Waals surface area contributed by atoms with Crippen LogP contribution in [0.25, 0.3) is 6.08 Å². The quantitative estimate of drug-likeness (QED) is 0.514. The van der Waals surface area contributed by atoms with Crippen molar-refractivity contribution in [2.45, 2.75) is 32.6 Å². The molecule has 0 aliphatic heterocycles. The van der Waals surface area contributed by atoms with Crippen LogP contribution in [-0.4, -0.2) is 11.6 Å². The predicted molar refractivity (Wildman–Crippen MR) is 95.0 cm³/mol. The molecule has 2 aromatic carbocycles. The van der Waals surface area contributed by atoms with Gasteiger partial charge in [0.1, 0.15) is 0 Å². The second-order valence-corrected chi connectivity index (χ2v) is 5.78. The van der Waals surface area contributed by atoms with E-state index in [1.807, 2.05) is 36.4 Å². The molecule has 0 spiro atoms. The van der Waals surface area contributed by atoms with Crippen LogP contribution < -0.4 is 0 Å². The number of benzene rings is 2. The van der Waals surface area contributed by atoms with Crippen LogP contribution in [0.2, 0.25) is 0 Å². The van der Waals surface area contributed by atoms with Crippen molar-refractivity contribution in [1.29, 1.82) is 0 Å². The summed E-state index contributed by atoms with van der Waals surface area (Å²) in [7, 11) is 0. The van der Waals surface area contributed by atoms with Gasteiger partial charge in [0.05, 0.1) is 6.42 Å². The first-order valence-electron chi connectivity index (χ1n) is 7.94. The van der Waals surface area contributed by atoms with Crippen molar-refractivity contribution in [2.24, 2.45) is 0 Å². The van der Waals surface area contributed by atoms with Crippen LogP contribution in [0.1, 0.15) is 64.4 Å². The second-order valence-electron chi connectivity index (χ2n) is 5.78. The van der Waals surface area contributed by atoms with Crippen LogP contribution in [0.4, 0.5) is 0 Å². The number of hydrogen-bond acceptors (Lipinski definition) is 2. The summed E-state index contributed by atoms with van der Waals surface area (Å²) in [6.07, 6.45) is 2.68. The second kappa shape index (κ2) is 7.68. The molecule has 1 unspecified atom stereocenters. The average Bonchev–Trinajstić information content (AvgIpc) is 2.61. The summed E-state index contributed by atoms with van der Waals surface area (Å²) in [4.78, 5) is 24.5. The maximum Gasteiger partial charge on any atom is 0.170 e. The molecular formula is C21H22O2. The lowest BCUT2D eigenvalue weighted by atomic mass is 9.95. The molecule has 0 amide bonds. The van der Waals surface area contributed by atoms with Crippen molar-refractivity contribution in [1.82, 2.24) is 0 Å². The first kappa shape index (κ1) is 16.9. The Labute approximate surface area is 137 Å². The largest absolute Gasteiger partial charge is 0.294 e. The van der Waals surface area contributed by atoms with Crippen LogP contribution in [-0.2, 0) is 0 Å². The van der Waals surface area contributed by atoms with Gasteiger partial charge in [-0.2, -0.15) is 0 Å². The van der Waals surface area contributed by atoms with E-state index in [1.54, 1.807) is 18.2 Å². The van der Waals surface area contributed by atoms with Crippen molar-refractivity contribution in [3.05, 3.63) is 77.4 Å². The molecule has 0 saturated carbocycles. The number of hydrogen-bond donors (Lipinski definition) is 0. The van der Waals surface area contributed by atoms with Gasteiger partial charge in [0, 0.05) is 11.1 Å². The van der Waals surface area contributed by atoms with E-state index in [2.05, 4.69) is 20.4 Å². The van der Waals surface area contributed by atoms with E-state index in [0.717, 1.165) is 12.0 Å². The van der Waals surface area contributed by atoms with Crippen LogP contribution in [0, 0.1) is 0 Å². The molecule has 2 aromatic rings. The zero-order valence-electron chi connectivity index (χ0n) is 13.7. The molecule has 2 heteroatoms. The number of ketones is 2. The van der Waals surface area contributed by atoms with E-state index in [9.17, 15) is 9.59 Å². The molecule has 0 N–H and O–H groups in total. The fraction of sp³-hybridized carbons (Fsp3) is 0.238. The van der Waals surface area contributed by atoms with E-state index in [-0.39, 0.29) is 18.0 Å². The maximum absolute atomic E-state index is 12.3. The molecule has 118 valence electrons. The molecule has 0 fully saturated rings. The van der Waals surface area contributed by atoms with Crippen molar-refractivity contribution in [3.8, 4) is 0 Å². The molecule has 2 nitrogen and oxygen atoms in total. The van der Waals surface area contributed by atoms with E-state index in [0.29, 0.717) is 17.0 Å². The minimum Gasteiger partial charge on any atom is -0.294 e. The topological polar surface area (TPSA) is 34.1 Å². The van der Waals surface area contributed by atoms with E-state index in [4.69, 9.17) is 0 Å². The Morgan fingerprint density at radius 2 is 1.43 bits per heavy atom. The third-order valence-electron chi connectivity index (χ3n) is 4.20. The van der Waals surface area contributed by atoms with Gasteiger partial charge in [0.2, 0.25) is 0 Å². The molecule has 0 aromatic heterocycles. The summed E-state index contributed by atoms with van der Waals surface area (Å²) < 4.78 is 0. The monoisotopic (exact) mass is 306 g/mol. The summed E-state index contributed by atoms with van der Waals surface area (Å²) in [6, 6.07) is 14.7. The molecule has 0 aliphatic rings. The first-order valence-corrected chi connectivity index (χ1v) is 7.94. The number of carbonyl (C=O) groups is 2. The highest BCUT2D eigenvalue weighted by Crippen LogP contribution is 2.19. The van der Waals surface area contributed by atoms with E-state index >= 15 is 0 Å². The Balaban J connectivity index is 2.05. The average molecular weight is 306 g/mol. The number of carbonyl (C=O) groups excluding carboxylic acids is 2. The summed E-state index contributed by atoms with van der Waals surface area (Å²) in [5, 5.41) is 0. The summed E-state index contributed by atoms with van der Waals surface area (Å²) in [6.45, 7) is 7.98. The molecule has 0 aliphatic carbocycles. The first-order chi connectivity index (χ1) is 11.0. The van der Waals surface area contributed by atoms with Crippen LogP contribution in [0.3, 0.4) is 0 Å². The van der Waals surface area contributed by atoms with Crippen molar-refractivity contribution in [3.63, 3.8) is 0 Å². The highest BCUT2D eigenvalue weighted by molar-refractivity contribution is 6.13. The lowest BCUT2D eigenvalue weighted by Crippen LogP contribution is -2.08. The third kappa shape index (κ3) is 4.26. The Morgan fingerprint density at radius 3 is 1.87 bits per heavy atom. The zero-order chi connectivity index (χ0) is 16.8. The Morgan fingerprint density at radius 1 is 0.957 bits per heavy atom. The SMILES string of the molecule is C=Cc1ccc(C(=O)CC(=O)c2ccc(C(C)CC)cc2)cc1. The maximum atomic E-state index is 12.3. The molecule has 0 heterocycles. The highest BCUT2D eigenvalue weighted by Gasteiger charge is 2.14. The minimum atomic E-state index is -0.156. The Hall–Kier alpha value is -2.48. The van der Waals surface area contributed by atoms with Crippen LogP contribution in [0.15, 0.2) is 55.1 Å². The summed E-state index contributed by atoms with van der Waals surface area (Å²) in [5.41, 5.74) is 3.32. The van der Waals surface area contributed by atoms with Gasteiger partial charge in [-0.3, -0.25) is 9.59 Å². The highest BCUT2D eigenvalue weighted by atomic mass is 16.1. The molecule has 23 heavy (non-hydrogen) atoms. The number of rotatable bonds is 7. The molecular weight excluding hydrogens is 284 g/mol. The molecule has 0 saturated heterocycles. The van der Waals surface area contributed by atoms with Gasteiger partial charge in [-0.25, -0.2) is 0 Å². The van der Waals surface area contributed by atoms with Gasteiger partial charge in [-0.15, -0.1) is 0 Å². The standard InChI is InChI=1S/C21H22O2/c1-4-15(3)17-10-12-19(13-11-17)21(23)14-20(22)18-8-6-16(5-2)7-9-18/h5-13,15H,2,4,14H2,1,3H3. The van der Waals surface area contributed by atoms with Gasteiger partial charge < -0.3 is 0 Å². The Kier molecular flexibility index (Phi) is 5.64. The fourth-order valence-electron chi connectivity index (χ4n) is 2.39. The van der Waals surface area contributed by atoms with Crippen molar-refractivity contribution < 1.29 is 9.59 Å². The summed E-state index contributed by atoms with van der Waals surface area (Å²) >= 11 is 0. The van der Waals surface area contributed by atoms with E-state index < -0.39 is 0 Å². The van der Waals surface area contributed by atoms with Gasteiger partial charge >= 0.3 is 0 Å². The van der Waals surface area contributed by atoms with Crippen LogP contribution >= 0.6 is 0 Å². The van der Waals surface area contributed by atoms with Gasteiger partial charge in [0.25, 0.3) is 0 Å².